The third-order valence-electron chi connectivity index (χ3n) is 2.89. The van der Waals surface area contributed by atoms with Crippen LogP contribution >= 0.6 is 0 Å². The molecule has 0 saturated carbocycles. The molecule has 1 heterocycles. The Morgan fingerprint density at radius 2 is 2.06 bits per heavy atom. The summed E-state index contributed by atoms with van der Waals surface area (Å²) in [6.45, 7) is 2.64. The van der Waals surface area contributed by atoms with Crippen molar-refractivity contribution in [3.8, 4) is 0 Å². The van der Waals surface area contributed by atoms with Gasteiger partial charge in [-0.25, -0.2) is 0 Å². The van der Waals surface area contributed by atoms with Gasteiger partial charge in [-0.1, -0.05) is 0 Å². The highest BCUT2D eigenvalue weighted by Crippen LogP contribution is 2.29. The zero-order chi connectivity index (χ0) is 13.4. The quantitative estimate of drug-likeness (QED) is 0.613. The largest absolute Gasteiger partial charge is 0.471 e. The topological polar surface area (TPSA) is 78.8 Å². The second kappa shape index (κ2) is 4.43. The van der Waals surface area contributed by atoms with Crippen LogP contribution in [0.4, 0.5) is 13.2 Å². The average molecular weight is 257 g/mol. The molecule has 17 heavy (non-hydrogen) atoms. The smallest absolute Gasteiger partial charge is 0.385 e. The maximum atomic E-state index is 12.1. The second-order valence-electron chi connectivity index (χ2n) is 4.22. The summed E-state index contributed by atoms with van der Waals surface area (Å²) in [5, 5.41) is 20.8. The van der Waals surface area contributed by atoms with Gasteiger partial charge in [0.05, 0.1) is 12.1 Å². The number of aliphatic hydroxyl groups is 2. The highest BCUT2D eigenvalue weighted by molar-refractivity contribution is 5.82. The SMILES string of the molecule is C[C@@H]1O[C@@H](O)C[C@H](NC(=O)C(F)(F)F)[C@]1(C)O. The van der Waals surface area contributed by atoms with Gasteiger partial charge in [0, 0.05) is 6.42 Å². The summed E-state index contributed by atoms with van der Waals surface area (Å²) in [6, 6.07) is -1.23. The fourth-order valence-electron chi connectivity index (χ4n) is 1.60. The summed E-state index contributed by atoms with van der Waals surface area (Å²) in [5.41, 5.74) is -1.68. The van der Waals surface area contributed by atoms with E-state index in [1.807, 2.05) is 0 Å². The fourth-order valence-corrected chi connectivity index (χ4v) is 1.60. The maximum absolute atomic E-state index is 12.1. The number of hydrogen-bond acceptors (Lipinski definition) is 4. The summed E-state index contributed by atoms with van der Waals surface area (Å²) in [6.07, 6.45) is -7.55. The Morgan fingerprint density at radius 1 is 1.53 bits per heavy atom. The van der Waals surface area contributed by atoms with Crippen LogP contribution in [0, 0.1) is 0 Å². The summed E-state index contributed by atoms with van der Waals surface area (Å²) < 4.78 is 41.1. The summed E-state index contributed by atoms with van der Waals surface area (Å²) >= 11 is 0. The normalized spacial score (nSPS) is 38.9. The molecule has 0 aromatic carbocycles. The third-order valence-corrected chi connectivity index (χ3v) is 2.89. The number of aliphatic hydroxyl groups excluding tert-OH is 1. The zero-order valence-electron chi connectivity index (χ0n) is 9.28. The first kappa shape index (κ1) is 14.2. The molecule has 1 saturated heterocycles. The first-order valence-corrected chi connectivity index (χ1v) is 4.98. The number of amides is 1. The Morgan fingerprint density at radius 3 is 2.53 bits per heavy atom. The number of hydrogen-bond donors (Lipinski definition) is 3. The van der Waals surface area contributed by atoms with Crippen molar-refractivity contribution in [1.82, 2.24) is 5.32 Å². The van der Waals surface area contributed by atoms with E-state index in [0.717, 1.165) is 0 Å². The van der Waals surface area contributed by atoms with Crippen LogP contribution < -0.4 is 5.32 Å². The Hall–Kier alpha value is -0.860. The zero-order valence-corrected chi connectivity index (χ0v) is 9.28. The molecule has 3 N–H and O–H groups in total. The Balaban J connectivity index is 2.78. The number of rotatable bonds is 1. The standard InChI is InChI=1S/C9H14F3NO4/c1-4-8(2,16)5(3-6(14)17-4)13-7(15)9(10,11)12/h4-6,14,16H,3H2,1-2H3,(H,13,15)/t4-,5-,6+,8+/m0/s1. The van der Waals surface area contributed by atoms with Crippen LogP contribution in [0.2, 0.25) is 0 Å². The van der Waals surface area contributed by atoms with Gasteiger partial charge < -0.3 is 20.3 Å². The molecule has 8 heteroatoms. The predicted octanol–water partition coefficient (Wildman–Crippen LogP) is -0.0883. The van der Waals surface area contributed by atoms with E-state index in [1.54, 1.807) is 5.32 Å². The van der Waals surface area contributed by atoms with Crippen molar-refractivity contribution in [3.05, 3.63) is 0 Å². The number of alkyl halides is 3. The van der Waals surface area contributed by atoms with Crippen molar-refractivity contribution < 1.29 is 32.9 Å². The number of halogens is 3. The highest BCUT2D eigenvalue weighted by atomic mass is 19.4. The fraction of sp³-hybridized carbons (Fsp3) is 0.889. The Kier molecular flexibility index (Phi) is 3.70. The molecule has 1 aliphatic heterocycles. The van der Waals surface area contributed by atoms with Crippen molar-refractivity contribution in [3.63, 3.8) is 0 Å². The van der Waals surface area contributed by atoms with Crippen LogP contribution in [-0.4, -0.2) is 46.3 Å². The first-order chi connectivity index (χ1) is 7.55. The first-order valence-electron chi connectivity index (χ1n) is 4.98. The van der Waals surface area contributed by atoms with Gasteiger partial charge in [-0.2, -0.15) is 13.2 Å². The Bertz CT molecular complexity index is 305. The molecule has 0 bridgehead atoms. The minimum atomic E-state index is -5.03. The molecule has 0 spiro atoms. The van der Waals surface area contributed by atoms with Crippen molar-refractivity contribution in [2.24, 2.45) is 0 Å². The van der Waals surface area contributed by atoms with Gasteiger partial charge in [0.15, 0.2) is 6.29 Å². The van der Waals surface area contributed by atoms with Crippen LogP contribution in [0.25, 0.3) is 0 Å². The lowest BCUT2D eigenvalue weighted by Gasteiger charge is -2.43. The molecule has 0 aromatic heterocycles. The second-order valence-corrected chi connectivity index (χ2v) is 4.22. The van der Waals surface area contributed by atoms with Crippen molar-refractivity contribution in [2.45, 2.75) is 50.5 Å². The summed E-state index contributed by atoms with van der Waals surface area (Å²) in [5.74, 6) is -2.15. The van der Waals surface area contributed by atoms with E-state index in [2.05, 4.69) is 0 Å². The number of carbonyl (C=O) groups excluding carboxylic acids is 1. The van der Waals surface area contributed by atoms with Crippen LogP contribution in [-0.2, 0) is 9.53 Å². The van der Waals surface area contributed by atoms with Crippen molar-refractivity contribution >= 4 is 5.91 Å². The van der Waals surface area contributed by atoms with Gasteiger partial charge in [0.25, 0.3) is 0 Å². The minimum Gasteiger partial charge on any atom is -0.385 e. The van der Waals surface area contributed by atoms with E-state index in [-0.39, 0.29) is 6.42 Å². The Labute approximate surface area is 95.6 Å². The van der Waals surface area contributed by atoms with Gasteiger partial charge in [0.2, 0.25) is 0 Å². The van der Waals surface area contributed by atoms with Crippen LogP contribution in [0.5, 0.6) is 0 Å². The molecule has 0 unspecified atom stereocenters. The number of ether oxygens (including phenoxy) is 1. The van der Waals surface area contributed by atoms with E-state index in [1.165, 1.54) is 13.8 Å². The molecular weight excluding hydrogens is 243 g/mol. The van der Waals surface area contributed by atoms with Crippen LogP contribution in [0.3, 0.4) is 0 Å². The highest BCUT2D eigenvalue weighted by Gasteiger charge is 2.48. The lowest BCUT2D eigenvalue weighted by atomic mass is 9.86. The lowest BCUT2D eigenvalue weighted by molar-refractivity contribution is -0.238. The van der Waals surface area contributed by atoms with Gasteiger partial charge >= 0.3 is 12.1 Å². The lowest BCUT2D eigenvalue weighted by Crippen LogP contribution is -2.63. The molecule has 0 radical (unpaired) electrons. The molecule has 0 aromatic rings. The van der Waals surface area contributed by atoms with E-state index < -0.39 is 36.1 Å². The molecule has 1 rings (SSSR count). The number of carbonyl (C=O) groups is 1. The van der Waals surface area contributed by atoms with E-state index in [4.69, 9.17) is 4.74 Å². The molecular formula is C9H14F3NO4. The molecule has 4 atom stereocenters. The summed E-state index contributed by atoms with van der Waals surface area (Å²) in [4.78, 5) is 10.8. The maximum Gasteiger partial charge on any atom is 0.471 e. The van der Waals surface area contributed by atoms with E-state index in [0.29, 0.717) is 0 Å². The van der Waals surface area contributed by atoms with Gasteiger partial charge in [-0.3, -0.25) is 4.79 Å². The molecule has 1 aliphatic rings. The van der Waals surface area contributed by atoms with E-state index >= 15 is 0 Å². The van der Waals surface area contributed by atoms with Gasteiger partial charge in [-0.05, 0) is 13.8 Å². The van der Waals surface area contributed by atoms with E-state index in [9.17, 15) is 28.2 Å². The van der Waals surface area contributed by atoms with Crippen molar-refractivity contribution in [2.75, 3.05) is 0 Å². The van der Waals surface area contributed by atoms with Crippen molar-refractivity contribution in [1.29, 1.82) is 0 Å². The molecule has 0 aliphatic carbocycles. The average Bonchev–Trinajstić information content (AvgIpc) is 2.12. The minimum absolute atomic E-state index is 0.306. The summed E-state index contributed by atoms with van der Waals surface area (Å²) in [7, 11) is 0. The third kappa shape index (κ3) is 3.08. The monoisotopic (exact) mass is 257 g/mol. The molecule has 1 amide bonds. The van der Waals surface area contributed by atoms with Gasteiger partial charge in [-0.15, -0.1) is 0 Å². The van der Waals surface area contributed by atoms with Gasteiger partial charge in [0.1, 0.15) is 5.60 Å². The number of nitrogens with one attached hydrogen (secondary N) is 1. The molecule has 100 valence electrons. The van der Waals surface area contributed by atoms with Crippen LogP contribution in [0.15, 0.2) is 0 Å². The predicted molar refractivity (Wildman–Crippen MR) is 49.8 cm³/mol. The molecule has 5 nitrogen and oxygen atoms in total. The van der Waals surface area contributed by atoms with Crippen LogP contribution in [0.1, 0.15) is 20.3 Å². The molecule has 1 fully saturated rings.